The lowest BCUT2D eigenvalue weighted by Crippen LogP contribution is -2.47. The predicted octanol–water partition coefficient (Wildman–Crippen LogP) is 3.18. The standard InChI is InChI=1S/C21H21N3O2S/c25-18-9-5-4-8-17(18)14-19-20(26)22-21(27-19)24-12-10-23(11-13-24)15-16-6-2-1-3-7-16/h1-9,14,25H,10-13,15H2. The first-order chi connectivity index (χ1) is 13.2. The summed E-state index contributed by atoms with van der Waals surface area (Å²) in [5.41, 5.74) is 1.96. The fourth-order valence-electron chi connectivity index (χ4n) is 3.22. The third-order valence-corrected chi connectivity index (χ3v) is 5.77. The van der Waals surface area contributed by atoms with Crippen LogP contribution in [-0.2, 0) is 11.3 Å². The zero-order chi connectivity index (χ0) is 18.6. The van der Waals surface area contributed by atoms with Crippen molar-refractivity contribution >= 4 is 28.9 Å². The maximum atomic E-state index is 12.3. The number of benzene rings is 2. The summed E-state index contributed by atoms with van der Waals surface area (Å²) >= 11 is 1.39. The first kappa shape index (κ1) is 17.8. The summed E-state index contributed by atoms with van der Waals surface area (Å²) < 4.78 is 0. The Bertz CT molecular complexity index is 887. The maximum absolute atomic E-state index is 12.3. The number of phenolic OH excluding ortho intramolecular Hbond substituents is 1. The van der Waals surface area contributed by atoms with E-state index in [-0.39, 0.29) is 11.7 Å². The number of amidine groups is 1. The average Bonchev–Trinajstić information content (AvgIpc) is 3.05. The van der Waals surface area contributed by atoms with Gasteiger partial charge in [-0.2, -0.15) is 4.99 Å². The van der Waals surface area contributed by atoms with Crippen LogP contribution in [-0.4, -0.2) is 52.2 Å². The van der Waals surface area contributed by atoms with Gasteiger partial charge < -0.3 is 10.0 Å². The van der Waals surface area contributed by atoms with Gasteiger partial charge in [-0.3, -0.25) is 9.69 Å². The van der Waals surface area contributed by atoms with Gasteiger partial charge >= 0.3 is 0 Å². The number of carbonyl (C=O) groups excluding carboxylic acids is 1. The number of aliphatic imine (C=N–C) groups is 1. The summed E-state index contributed by atoms with van der Waals surface area (Å²) in [6.07, 6.45) is 1.71. The number of carbonyl (C=O) groups is 1. The maximum Gasteiger partial charge on any atom is 0.286 e. The summed E-state index contributed by atoms with van der Waals surface area (Å²) in [5.74, 6) is -0.0636. The number of thioether (sulfide) groups is 1. The zero-order valence-electron chi connectivity index (χ0n) is 14.9. The number of nitrogens with zero attached hydrogens (tertiary/aromatic N) is 3. The van der Waals surface area contributed by atoms with Crippen LogP contribution in [0.25, 0.3) is 6.08 Å². The number of hydrogen-bond acceptors (Lipinski definition) is 5. The Morgan fingerprint density at radius 1 is 1.00 bits per heavy atom. The van der Waals surface area contributed by atoms with Gasteiger partial charge in [-0.05, 0) is 29.5 Å². The van der Waals surface area contributed by atoms with E-state index in [1.165, 1.54) is 17.3 Å². The molecule has 0 spiro atoms. The minimum absolute atomic E-state index is 0.168. The molecule has 5 nitrogen and oxygen atoms in total. The number of amides is 1. The van der Waals surface area contributed by atoms with Gasteiger partial charge in [0.05, 0.1) is 4.91 Å². The van der Waals surface area contributed by atoms with E-state index in [9.17, 15) is 9.90 Å². The summed E-state index contributed by atoms with van der Waals surface area (Å²) in [6.45, 7) is 4.56. The summed E-state index contributed by atoms with van der Waals surface area (Å²) in [6, 6.07) is 17.5. The molecule has 27 heavy (non-hydrogen) atoms. The third kappa shape index (κ3) is 4.23. The molecule has 0 atom stereocenters. The molecular weight excluding hydrogens is 358 g/mol. The van der Waals surface area contributed by atoms with Crippen molar-refractivity contribution in [3.63, 3.8) is 0 Å². The van der Waals surface area contributed by atoms with E-state index in [0.717, 1.165) is 37.9 Å². The minimum Gasteiger partial charge on any atom is -0.507 e. The van der Waals surface area contributed by atoms with Gasteiger partial charge in [-0.25, -0.2) is 0 Å². The van der Waals surface area contributed by atoms with E-state index in [1.807, 2.05) is 12.1 Å². The van der Waals surface area contributed by atoms with E-state index < -0.39 is 0 Å². The highest BCUT2D eigenvalue weighted by molar-refractivity contribution is 8.18. The Morgan fingerprint density at radius 2 is 1.70 bits per heavy atom. The first-order valence-corrected chi connectivity index (χ1v) is 9.82. The Kier molecular flexibility index (Phi) is 5.27. The summed E-state index contributed by atoms with van der Waals surface area (Å²) in [4.78, 5) is 21.6. The van der Waals surface area contributed by atoms with Crippen LogP contribution in [0.2, 0.25) is 0 Å². The second kappa shape index (κ2) is 7.98. The summed E-state index contributed by atoms with van der Waals surface area (Å²) in [5, 5.41) is 10.7. The molecule has 0 aliphatic carbocycles. The van der Waals surface area contributed by atoms with Gasteiger partial charge in [0.15, 0.2) is 5.17 Å². The molecule has 138 valence electrons. The van der Waals surface area contributed by atoms with Crippen molar-refractivity contribution < 1.29 is 9.90 Å². The van der Waals surface area contributed by atoms with Crippen LogP contribution in [0.1, 0.15) is 11.1 Å². The fraction of sp³-hybridized carbons (Fsp3) is 0.238. The third-order valence-electron chi connectivity index (χ3n) is 4.72. The predicted molar refractivity (Wildman–Crippen MR) is 109 cm³/mol. The number of rotatable bonds is 3. The largest absolute Gasteiger partial charge is 0.507 e. The topological polar surface area (TPSA) is 56.1 Å². The average molecular weight is 379 g/mol. The van der Waals surface area contributed by atoms with Crippen LogP contribution >= 0.6 is 11.8 Å². The van der Waals surface area contributed by atoms with Crippen LogP contribution in [0.15, 0.2) is 64.5 Å². The number of para-hydroxylation sites is 1. The molecule has 6 heteroatoms. The Balaban J connectivity index is 1.36. The van der Waals surface area contributed by atoms with Gasteiger partial charge in [-0.15, -0.1) is 0 Å². The number of phenols is 1. The second-order valence-electron chi connectivity index (χ2n) is 6.62. The molecule has 4 rings (SSSR count). The zero-order valence-corrected chi connectivity index (χ0v) is 15.7. The van der Waals surface area contributed by atoms with Gasteiger partial charge in [0.1, 0.15) is 5.75 Å². The van der Waals surface area contributed by atoms with Crippen molar-refractivity contribution in [3.8, 4) is 5.75 Å². The second-order valence-corrected chi connectivity index (χ2v) is 7.63. The molecule has 0 bridgehead atoms. The lowest BCUT2D eigenvalue weighted by atomic mass is 10.2. The molecule has 0 unspecified atom stereocenters. The molecule has 1 amide bonds. The molecule has 2 aliphatic heterocycles. The summed E-state index contributed by atoms with van der Waals surface area (Å²) in [7, 11) is 0. The molecule has 0 radical (unpaired) electrons. The Hall–Kier alpha value is -2.57. The highest BCUT2D eigenvalue weighted by Gasteiger charge is 2.28. The van der Waals surface area contributed by atoms with Crippen molar-refractivity contribution in [2.24, 2.45) is 4.99 Å². The van der Waals surface area contributed by atoms with Crippen LogP contribution < -0.4 is 0 Å². The van der Waals surface area contributed by atoms with E-state index in [2.05, 4.69) is 39.1 Å². The van der Waals surface area contributed by atoms with E-state index in [0.29, 0.717) is 10.5 Å². The van der Waals surface area contributed by atoms with Crippen LogP contribution in [0.4, 0.5) is 0 Å². The number of aromatic hydroxyl groups is 1. The van der Waals surface area contributed by atoms with E-state index >= 15 is 0 Å². The van der Waals surface area contributed by atoms with Crippen LogP contribution in [0, 0.1) is 0 Å². The monoisotopic (exact) mass is 379 g/mol. The molecule has 0 saturated carbocycles. The van der Waals surface area contributed by atoms with Crippen molar-refractivity contribution in [3.05, 3.63) is 70.6 Å². The fourth-order valence-corrected chi connectivity index (χ4v) is 4.18. The minimum atomic E-state index is -0.232. The van der Waals surface area contributed by atoms with E-state index in [4.69, 9.17) is 0 Å². The first-order valence-electron chi connectivity index (χ1n) is 9.01. The van der Waals surface area contributed by atoms with Gasteiger partial charge in [0, 0.05) is 38.3 Å². The van der Waals surface area contributed by atoms with Crippen molar-refractivity contribution in [1.82, 2.24) is 9.80 Å². The van der Waals surface area contributed by atoms with Gasteiger partial charge in [0.25, 0.3) is 5.91 Å². The van der Waals surface area contributed by atoms with Gasteiger partial charge in [-0.1, -0.05) is 48.5 Å². The van der Waals surface area contributed by atoms with Crippen molar-refractivity contribution in [1.29, 1.82) is 0 Å². The molecular formula is C21H21N3O2S. The SMILES string of the molecule is O=C1N=C(N2CCN(Cc3ccccc3)CC2)SC1=Cc1ccccc1O. The Morgan fingerprint density at radius 3 is 2.44 bits per heavy atom. The molecule has 1 saturated heterocycles. The van der Waals surface area contributed by atoms with E-state index in [1.54, 1.807) is 24.3 Å². The van der Waals surface area contributed by atoms with Crippen molar-refractivity contribution in [2.75, 3.05) is 26.2 Å². The molecule has 0 aromatic heterocycles. The van der Waals surface area contributed by atoms with Crippen molar-refractivity contribution in [2.45, 2.75) is 6.54 Å². The Labute approximate surface area is 163 Å². The number of hydrogen-bond donors (Lipinski definition) is 1. The highest BCUT2D eigenvalue weighted by Crippen LogP contribution is 2.32. The number of piperazine rings is 1. The molecule has 2 aromatic carbocycles. The molecule has 2 heterocycles. The molecule has 1 fully saturated rings. The quantitative estimate of drug-likeness (QED) is 0.830. The van der Waals surface area contributed by atoms with Crippen LogP contribution in [0.3, 0.4) is 0 Å². The smallest absolute Gasteiger partial charge is 0.286 e. The highest BCUT2D eigenvalue weighted by atomic mass is 32.2. The lowest BCUT2D eigenvalue weighted by Gasteiger charge is -2.35. The normalized spacial score (nSPS) is 19.6. The molecule has 2 aromatic rings. The van der Waals surface area contributed by atoms with Crippen LogP contribution in [0.5, 0.6) is 5.75 Å². The van der Waals surface area contributed by atoms with Gasteiger partial charge in [0.2, 0.25) is 0 Å². The molecule has 2 aliphatic rings. The molecule has 1 N–H and O–H groups in total. The lowest BCUT2D eigenvalue weighted by molar-refractivity contribution is -0.113.